The average molecular weight is 347 g/mol. The number of fused-ring (bicyclic) bond motifs is 2. The predicted molar refractivity (Wildman–Crippen MR) is 99.5 cm³/mol. The minimum Gasteiger partial charge on any atom is -0.461 e. The molecule has 5 nitrogen and oxygen atoms in total. The number of hydrogen-bond acceptors (Lipinski definition) is 6. The fourth-order valence-corrected chi connectivity index (χ4v) is 3.94. The van der Waals surface area contributed by atoms with Gasteiger partial charge in [-0.25, -0.2) is 4.98 Å². The standard InChI is InChI=1S/C19H13N3O2S/c1-10-2-3-15(23-10)13-7-22-19(20)18-12(13)6-16(24-18)14-9-25-17-8-21-5-4-11(14)17/h2-9H,1H3,(H2,20,22). The summed E-state index contributed by atoms with van der Waals surface area (Å²) in [6, 6.07) is 7.85. The van der Waals surface area contributed by atoms with Crippen LogP contribution in [0.2, 0.25) is 0 Å². The molecule has 0 unspecified atom stereocenters. The SMILES string of the molecule is Cc1ccc(-c2cnc(N)c3oc(-c4csc5cnccc45)cc23)o1. The molecule has 5 aromatic heterocycles. The molecule has 0 amide bonds. The molecule has 5 heterocycles. The molecule has 0 aliphatic rings. The van der Waals surface area contributed by atoms with Crippen LogP contribution < -0.4 is 5.73 Å². The largest absolute Gasteiger partial charge is 0.461 e. The van der Waals surface area contributed by atoms with Gasteiger partial charge in [-0.15, -0.1) is 11.3 Å². The Morgan fingerprint density at radius 3 is 2.76 bits per heavy atom. The van der Waals surface area contributed by atoms with Crippen molar-refractivity contribution in [1.82, 2.24) is 9.97 Å². The lowest BCUT2D eigenvalue weighted by molar-refractivity contribution is 0.548. The molecule has 0 saturated heterocycles. The molecule has 2 N–H and O–H groups in total. The predicted octanol–water partition coefficient (Wildman–Crippen LogP) is 5.26. The van der Waals surface area contributed by atoms with Crippen LogP contribution in [-0.2, 0) is 0 Å². The van der Waals surface area contributed by atoms with Gasteiger partial charge in [0.1, 0.15) is 17.3 Å². The number of thiophene rings is 1. The molecule has 0 radical (unpaired) electrons. The first kappa shape index (κ1) is 14.2. The highest BCUT2D eigenvalue weighted by molar-refractivity contribution is 7.17. The van der Waals surface area contributed by atoms with Crippen LogP contribution in [0.4, 0.5) is 5.82 Å². The summed E-state index contributed by atoms with van der Waals surface area (Å²) in [4.78, 5) is 8.44. The van der Waals surface area contributed by atoms with Crippen molar-refractivity contribution in [3.8, 4) is 22.6 Å². The van der Waals surface area contributed by atoms with Crippen LogP contribution in [-0.4, -0.2) is 9.97 Å². The summed E-state index contributed by atoms with van der Waals surface area (Å²) in [7, 11) is 0. The van der Waals surface area contributed by atoms with Crippen LogP contribution >= 0.6 is 11.3 Å². The normalized spacial score (nSPS) is 11.6. The van der Waals surface area contributed by atoms with E-state index in [4.69, 9.17) is 14.6 Å². The Balaban J connectivity index is 1.78. The van der Waals surface area contributed by atoms with E-state index in [2.05, 4.69) is 15.3 Å². The molecule has 6 heteroatoms. The first-order valence-electron chi connectivity index (χ1n) is 7.77. The van der Waals surface area contributed by atoms with Gasteiger partial charge in [0.2, 0.25) is 0 Å². The third-order valence-electron chi connectivity index (χ3n) is 4.24. The number of nitrogens with two attached hydrogens (primary N) is 1. The molecule has 0 spiro atoms. The lowest BCUT2D eigenvalue weighted by atomic mass is 10.1. The Morgan fingerprint density at radius 1 is 1.00 bits per heavy atom. The van der Waals surface area contributed by atoms with Gasteiger partial charge in [0, 0.05) is 45.9 Å². The first-order valence-corrected chi connectivity index (χ1v) is 8.65. The van der Waals surface area contributed by atoms with Crippen LogP contribution in [0, 0.1) is 6.92 Å². The third-order valence-corrected chi connectivity index (χ3v) is 5.17. The van der Waals surface area contributed by atoms with Gasteiger partial charge in [-0.2, -0.15) is 0 Å². The van der Waals surface area contributed by atoms with Gasteiger partial charge in [0.05, 0.1) is 4.70 Å². The van der Waals surface area contributed by atoms with E-state index in [0.717, 1.165) is 43.9 Å². The van der Waals surface area contributed by atoms with Crippen molar-refractivity contribution in [3.05, 3.63) is 54.0 Å². The number of aryl methyl sites for hydroxylation is 1. The Morgan fingerprint density at radius 2 is 1.92 bits per heavy atom. The summed E-state index contributed by atoms with van der Waals surface area (Å²) in [6.07, 6.45) is 5.37. The molecule has 0 aliphatic heterocycles. The number of furan rings is 2. The minimum atomic E-state index is 0.370. The zero-order chi connectivity index (χ0) is 17.0. The number of hydrogen-bond donors (Lipinski definition) is 1. The van der Waals surface area contributed by atoms with E-state index in [0.29, 0.717) is 11.4 Å². The lowest BCUT2D eigenvalue weighted by Crippen LogP contribution is -1.90. The van der Waals surface area contributed by atoms with Crippen molar-refractivity contribution in [3.63, 3.8) is 0 Å². The van der Waals surface area contributed by atoms with Crippen molar-refractivity contribution in [1.29, 1.82) is 0 Å². The van der Waals surface area contributed by atoms with Crippen LogP contribution in [0.5, 0.6) is 0 Å². The second-order valence-corrected chi connectivity index (χ2v) is 6.75. The molecule has 0 fully saturated rings. The minimum absolute atomic E-state index is 0.370. The van der Waals surface area contributed by atoms with E-state index < -0.39 is 0 Å². The molecular formula is C19H13N3O2S. The third kappa shape index (κ3) is 2.15. The molecule has 25 heavy (non-hydrogen) atoms. The molecule has 5 aromatic rings. The molecule has 0 atom stereocenters. The Kier molecular flexibility index (Phi) is 2.96. The van der Waals surface area contributed by atoms with E-state index >= 15 is 0 Å². The van der Waals surface area contributed by atoms with Gasteiger partial charge in [-0.3, -0.25) is 4.98 Å². The van der Waals surface area contributed by atoms with Crippen molar-refractivity contribution in [2.75, 3.05) is 5.73 Å². The van der Waals surface area contributed by atoms with Gasteiger partial charge < -0.3 is 14.6 Å². The van der Waals surface area contributed by atoms with Crippen LogP contribution in [0.1, 0.15) is 5.76 Å². The van der Waals surface area contributed by atoms with Gasteiger partial charge >= 0.3 is 0 Å². The topological polar surface area (TPSA) is 78.1 Å². The summed E-state index contributed by atoms with van der Waals surface area (Å²) in [5.41, 5.74) is 8.52. The van der Waals surface area contributed by atoms with E-state index in [-0.39, 0.29) is 0 Å². The smallest absolute Gasteiger partial charge is 0.177 e. The molecule has 0 saturated carbocycles. The summed E-state index contributed by atoms with van der Waals surface area (Å²) in [5.74, 6) is 2.73. The Hall–Kier alpha value is -3.12. The summed E-state index contributed by atoms with van der Waals surface area (Å²) >= 11 is 1.64. The summed E-state index contributed by atoms with van der Waals surface area (Å²) in [6.45, 7) is 1.91. The number of rotatable bonds is 2. The molecule has 5 rings (SSSR count). The maximum Gasteiger partial charge on any atom is 0.177 e. The van der Waals surface area contributed by atoms with Crippen molar-refractivity contribution in [2.24, 2.45) is 0 Å². The number of pyridine rings is 2. The number of anilines is 1. The highest BCUT2D eigenvalue weighted by atomic mass is 32.1. The number of aromatic nitrogens is 2. The second-order valence-electron chi connectivity index (χ2n) is 5.84. The van der Waals surface area contributed by atoms with E-state index in [1.807, 2.05) is 37.4 Å². The van der Waals surface area contributed by atoms with Crippen molar-refractivity contribution < 1.29 is 8.83 Å². The molecule has 0 aromatic carbocycles. The molecular weight excluding hydrogens is 334 g/mol. The maximum atomic E-state index is 6.08. The fourth-order valence-electron chi connectivity index (χ4n) is 3.03. The monoisotopic (exact) mass is 347 g/mol. The van der Waals surface area contributed by atoms with Crippen molar-refractivity contribution >= 4 is 38.2 Å². The average Bonchev–Trinajstić information content (AvgIpc) is 3.32. The lowest BCUT2D eigenvalue weighted by Gasteiger charge is -2.00. The number of nitrogens with zero attached hydrogens (tertiary/aromatic N) is 2. The Labute approximate surface area is 146 Å². The summed E-state index contributed by atoms with van der Waals surface area (Å²) < 4.78 is 13.0. The molecule has 122 valence electrons. The molecule has 0 bridgehead atoms. The van der Waals surface area contributed by atoms with Gasteiger partial charge in [-0.1, -0.05) is 0 Å². The fraction of sp³-hybridized carbons (Fsp3) is 0.0526. The zero-order valence-corrected chi connectivity index (χ0v) is 14.1. The Bertz CT molecular complexity index is 1230. The number of nitrogen functional groups attached to an aromatic ring is 1. The highest BCUT2D eigenvalue weighted by Crippen LogP contribution is 2.40. The van der Waals surface area contributed by atoms with Crippen LogP contribution in [0.3, 0.4) is 0 Å². The van der Waals surface area contributed by atoms with Gasteiger partial charge in [0.25, 0.3) is 0 Å². The van der Waals surface area contributed by atoms with Gasteiger partial charge in [0.15, 0.2) is 11.4 Å². The first-order chi connectivity index (χ1) is 12.2. The van der Waals surface area contributed by atoms with E-state index in [1.165, 1.54) is 0 Å². The van der Waals surface area contributed by atoms with Gasteiger partial charge in [-0.05, 0) is 31.2 Å². The summed E-state index contributed by atoms with van der Waals surface area (Å²) in [5, 5.41) is 4.08. The highest BCUT2D eigenvalue weighted by Gasteiger charge is 2.18. The zero-order valence-electron chi connectivity index (χ0n) is 13.3. The van der Waals surface area contributed by atoms with E-state index in [1.54, 1.807) is 23.7 Å². The second kappa shape index (κ2) is 5.19. The van der Waals surface area contributed by atoms with E-state index in [9.17, 15) is 0 Å². The molecule has 0 aliphatic carbocycles. The van der Waals surface area contributed by atoms with Crippen molar-refractivity contribution in [2.45, 2.75) is 6.92 Å². The van der Waals surface area contributed by atoms with Crippen LogP contribution in [0.25, 0.3) is 43.7 Å². The quantitative estimate of drug-likeness (QED) is 0.471. The maximum absolute atomic E-state index is 6.08. The van der Waals surface area contributed by atoms with Crippen LogP contribution in [0.15, 0.2) is 57.1 Å².